The summed E-state index contributed by atoms with van der Waals surface area (Å²) in [6.45, 7) is 1.95. The number of benzene rings is 3. The lowest BCUT2D eigenvalue weighted by Gasteiger charge is -2.07. The Bertz CT molecular complexity index is 1180. The predicted octanol–water partition coefficient (Wildman–Crippen LogP) is 4.31. The molecule has 1 heterocycles. The Kier molecular flexibility index (Phi) is 4.37. The number of carbonyl (C=O) groups is 2. The van der Waals surface area contributed by atoms with Gasteiger partial charge in [-0.15, -0.1) is 0 Å². The topological polar surface area (TPSA) is 84.2 Å². The molecule has 6 nitrogen and oxygen atoms in total. The molecule has 0 bridgehead atoms. The van der Waals surface area contributed by atoms with E-state index in [2.05, 4.69) is 10.3 Å². The molecular weight excluding hydrogens is 354 g/mol. The first-order valence-corrected chi connectivity index (χ1v) is 8.70. The number of rotatable bonds is 4. The summed E-state index contributed by atoms with van der Waals surface area (Å²) in [5, 5.41) is 13.2. The van der Waals surface area contributed by atoms with E-state index in [1.807, 2.05) is 25.1 Å². The lowest BCUT2D eigenvalue weighted by atomic mass is 10.1. The standard InChI is InChI=1S/C22H17N3O3/c1-14-2-11-19-20(12-14)25(28)21(24-19)16-7-9-18(10-8-16)23-22(27)17-5-3-15(13-26)4-6-17/h2-13,28H,1H3,(H,23,27). The molecule has 0 atom stereocenters. The average Bonchev–Trinajstić information content (AvgIpc) is 3.04. The predicted molar refractivity (Wildman–Crippen MR) is 107 cm³/mol. The van der Waals surface area contributed by atoms with Gasteiger partial charge in [0.25, 0.3) is 5.91 Å². The lowest BCUT2D eigenvalue weighted by molar-refractivity contribution is 0.102. The minimum Gasteiger partial charge on any atom is -0.426 e. The summed E-state index contributed by atoms with van der Waals surface area (Å²) >= 11 is 0. The highest BCUT2D eigenvalue weighted by atomic mass is 16.5. The zero-order valence-corrected chi connectivity index (χ0v) is 15.1. The second-order valence-corrected chi connectivity index (χ2v) is 6.51. The zero-order chi connectivity index (χ0) is 19.7. The molecule has 0 saturated carbocycles. The number of fused-ring (bicyclic) bond motifs is 1. The summed E-state index contributed by atoms with van der Waals surface area (Å²) in [6.07, 6.45) is 0.732. The van der Waals surface area contributed by atoms with Gasteiger partial charge >= 0.3 is 0 Å². The first-order valence-electron chi connectivity index (χ1n) is 8.70. The Labute approximate surface area is 161 Å². The van der Waals surface area contributed by atoms with Crippen molar-refractivity contribution >= 4 is 28.9 Å². The van der Waals surface area contributed by atoms with Crippen molar-refractivity contribution < 1.29 is 14.8 Å². The van der Waals surface area contributed by atoms with E-state index in [0.29, 0.717) is 33.7 Å². The maximum absolute atomic E-state index is 12.3. The number of nitrogens with one attached hydrogen (secondary N) is 1. The van der Waals surface area contributed by atoms with Gasteiger partial charge in [-0.25, -0.2) is 4.98 Å². The number of aromatic nitrogens is 2. The molecule has 6 heteroatoms. The van der Waals surface area contributed by atoms with Crippen molar-refractivity contribution in [3.8, 4) is 11.4 Å². The van der Waals surface area contributed by atoms with Crippen LogP contribution in [0.15, 0.2) is 66.7 Å². The third-order valence-corrected chi connectivity index (χ3v) is 4.50. The fourth-order valence-corrected chi connectivity index (χ4v) is 2.98. The number of aldehydes is 1. The summed E-state index contributed by atoms with van der Waals surface area (Å²) in [5.41, 5.74) is 4.71. The molecule has 0 saturated heterocycles. The van der Waals surface area contributed by atoms with E-state index in [9.17, 15) is 14.8 Å². The van der Waals surface area contributed by atoms with E-state index in [4.69, 9.17) is 0 Å². The van der Waals surface area contributed by atoms with Crippen LogP contribution in [0.2, 0.25) is 0 Å². The van der Waals surface area contributed by atoms with Crippen molar-refractivity contribution in [3.05, 3.63) is 83.4 Å². The van der Waals surface area contributed by atoms with Gasteiger partial charge < -0.3 is 10.5 Å². The largest absolute Gasteiger partial charge is 0.426 e. The summed E-state index contributed by atoms with van der Waals surface area (Å²) in [5.74, 6) is 0.165. The number of hydrogen-bond acceptors (Lipinski definition) is 4. The van der Waals surface area contributed by atoms with Gasteiger partial charge in [0, 0.05) is 22.4 Å². The van der Waals surface area contributed by atoms with Crippen molar-refractivity contribution in [3.63, 3.8) is 0 Å². The molecule has 0 fully saturated rings. The van der Waals surface area contributed by atoms with Gasteiger partial charge in [-0.2, -0.15) is 4.73 Å². The smallest absolute Gasteiger partial charge is 0.255 e. The van der Waals surface area contributed by atoms with Crippen molar-refractivity contribution in [2.45, 2.75) is 6.92 Å². The first kappa shape index (κ1) is 17.5. The van der Waals surface area contributed by atoms with Gasteiger partial charge in [0.1, 0.15) is 11.8 Å². The van der Waals surface area contributed by atoms with Gasteiger partial charge in [0.15, 0.2) is 5.82 Å². The number of carbonyl (C=O) groups excluding carboxylic acids is 2. The number of aryl methyl sites for hydroxylation is 1. The summed E-state index contributed by atoms with van der Waals surface area (Å²) < 4.78 is 1.07. The highest BCUT2D eigenvalue weighted by Gasteiger charge is 2.12. The number of anilines is 1. The SMILES string of the molecule is Cc1ccc2nc(-c3ccc(NC(=O)c4ccc(C=O)cc4)cc3)n(O)c2c1. The number of imidazole rings is 1. The Morgan fingerprint density at radius 2 is 1.75 bits per heavy atom. The van der Waals surface area contributed by atoms with Crippen LogP contribution < -0.4 is 5.32 Å². The zero-order valence-electron chi connectivity index (χ0n) is 15.1. The molecule has 2 N–H and O–H groups in total. The Morgan fingerprint density at radius 3 is 2.43 bits per heavy atom. The molecule has 3 aromatic carbocycles. The fraction of sp³-hybridized carbons (Fsp3) is 0.0455. The Morgan fingerprint density at radius 1 is 1.04 bits per heavy atom. The van der Waals surface area contributed by atoms with E-state index < -0.39 is 0 Å². The van der Waals surface area contributed by atoms with Crippen LogP contribution in [0.3, 0.4) is 0 Å². The van der Waals surface area contributed by atoms with Gasteiger partial charge in [-0.05, 0) is 61.0 Å². The Hall–Kier alpha value is -3.93. The Balaban J connectivity index is 1.56. The summed E-state index contributed by atoms with van der Waals surface area (Å²) in [7, 11) is 0. The molecule has 0 aliphatic carbocycles. The number of amides is 1. The normalized spacial score (nSPS) is 10.8. The van der Waals surface area contributed by atoms with Crippen LogP contribution in [0.25, 0.3) is 22.4 Å². The molecule has 28 heavy (non-hydrogen) atoms. The van der Waals surface area contributed by atoms with Crippen molar-refractivity contribution in [1.29, 1.82) is 0 Å². The van der Waals surface area contributed by atoms with Crippen molar-refractivity contribution in [2.75, 3.05) is 5.32 Å². The van der Waals surface area contributed by atoms with E-state index >= 15 is 0 Å². The van der Waals surface area contributed by atoms with Crippen LogP contribution in [0.1, 0.15) is 26.3 Å². The molecule has 0 radical (unpaired) electrons. The molecule has 1 amide bonds. The molecule has 4 rings (SSSR count). The third kappa shape index (κ3) is 3.23. The van der Waals surface area contributed by atoms with Gasteiger partial charge in [0.2, 0.25) is 0 Å². The molecule has 0 aliphatic rings. The average molecular weight is 371 g/mol. The second-order valence-electron chi connectivity index (χ2n) is 6.51. The van der Waals surface area contributed by atoms with E-state index in [1.165, 1.54) is 0 Å². The lowest BCUT2D eigenvalue weighted by Crippen LogP contribution is -2.11. The van der Waals surface area contributed by atoms with Gasteiger partial charge in [-0.3, -0.25) is 9.59 Å². The van der Waals surface area contributed by atoms with Crippen LogP contribution in [-0.4, -0.2) is 27.1 Å². The van der Waals surface area contributed by atoms with Gasteiger partial charge in [0.05, 0.1) is 5.52 Å². The summed E-state index contributed by atoms with van der Waals surface area (Å²) in [4.78, 5) is 27.5. The maximum Gasteiger partial charge on any atom is 0.255 e. The highest BCUT2D eigenvalue weighted by molar-refractivity contribution is 6.04. The van der Waals surface area contributed by atoms with Crippen molar-refractivity contribution in [2.24, 2.45) is 0 Å². The maximum atomic E-state index is 12.3. The third-order valence-electron chi connectivity index (χ3n) is 4.50. The van der Waals surface area contributed by atoms with Crippen LogP contribution in [0.5, 0.6) is 0 Å². The minimum absolute atomic E-state index is 0.268. The number of nitrogens with zero attached hydrogens (tertiary/aromatic N) is 2. The van der Waals surface area contributed by atoms with Crippen LogP contribution in [-0.2, 0) is 0 Å². The van der Waals surface area contributed by atoms with E-state index in [1.54, 1.807) is 48.5 Å². The van der Waals surface area contributed by atoms with E-state index in [-0.39, 0.29) is 5.91 Å². The molecule has 1 aromatic heterocycles. The second kappa shape index (κ2) is 7.00. The fourth-order valence-electron chi connectivity index (χ4n) is 2.98. The van der Waals surface area contributed by atoms with Crippen LogP contribution in [0.4, 0.5) is 5.69 Å². The molecule has 138 valence electrons. The molecule has 0 aliphatic heterocycles. The molecule has 4 aromatic rings. The molecule has 0 spiro atoms. The van der Waals surface area contributed by atoms with E-state index in [0.717, 1.165) is 22.1 Å². The van der Waals surface area contributed by atoms with Gasteiger partial charge in [-0.1, -0.05) is 18.2 Å². The monoisotopic (exact) mass is 371 g/mol. The van der Waals surface area contributed by atoms with Crippen LogP contribution >= 0.6 is 0 Å². The minimum atomic E-state index is -0.268. The summed E-state index contributed by atoms with van der Waals surface area (Å²) in [6, 6.07) is 19.1. The highest BCUT2D eigenvalue weighted by Crippen LogP contribution is 2.25. The van der Waals surface area contributed by atoms with Crippen LogP contribution in [0, 0.1) is 6.92 Å². The molecule has 0 unspecified atom stereocenters. The van der Waals surface area contributed by atoms with Crippen molar-refractivity contribution in [1.82, 2.24) is 9.71 Å². The first-order chi connectivity index (χ1) is 13.5. The number of hydrogen-bond donors (Lipinski definition) is 2. The quantitative estimate of drug-likeness (QED) is 0.413. The molecular formula is C22H17N3O3.